The molecule has 0 atom stereocenters. The van der Waals surface area contributed by atoms with Crippen molar-refractivity contribution in [1.29, 1.82) is 0 Å². The van der Waals surface area contributed by atoms with Crippen LogP contribution < -0.4 is 0 Å². The predicted molar refractivity (Wildman–Crippen MR) is 47.6 cm³/mol. The van der Waals surface area contributed by atoms with E-state index in [9.17, 15) is 0 Å². The van der Waals surface area contributed by atoms with Crippen molar-refractivity contribution in [2.75, 3.05) is 0 Å². The molecule has 0 unspecified atom stereocenters. The fraction of sp³-hybridized carbons (Fsp3) is 0.875. The summed E-state index contributed by atoms with van der Waals surface area (Å²) in [5, 5.41) is 0. The van der Waals surface area contributed by atoms with Gasteiger partial charge in [0.05, 0.1) is 0 Å². The molecule has 0 amide bonds. The van der Waals surface area contributed by atoms with E-state index in [1.165, 1.54) is 8.20 Å². The lowest BCUT2D eigenvalue weighted by Gasteiger charge is -2.10. The van der Waals surface area contributed by atoms with Gasteiger partial charge >= 0.3 is 0 Å². The van der Waals surface area contributed by atoms with Crippen molar-refractivity contribution in [2.45, 2.75) is 40.3 Å². The largest absolute Gasteiger partial charge is 0.106 e. The summed E-state index contributed by atoms with van der Waals surface area (Å²) in [5.41, 5.74) is 1.18. The highest BCUT2D eigenvalue weighted by Crippen LogP contribution is 2.16. The van der Waals surface area contributed by atoms with E-state index in [1.807, 2.05) is 0 Å². The van der Waals surface area contributed by atoms with Gasteiger partial charge < -0.3 is 0 Å². The van der Waals surface area contributed by atoms with Crippen LogP contribution in [0.2, 0.25) is 0 Å². The summed E-state index contributed by atoms with van der Waals surface area (Å²) in [6.07, 6.45) is 0. The Bertz CT molecular complexity index is 95.6. The van der Waals surface area contributed by atoms with Gasteiger partial charge in [0, 0.05) is 0 Å². The molecule has 0 saturated carbocycles. The van der Waals surface area contributed by atoms with Crippen LogP contribution in [-0.4, -0.2) is 11.5 Å². The zero-order valence-electron chi connectivity index (χ0n) is 7.10. The Morgan fingerprint density at radius 3 is 1.78 bits per heavy atom. The van der Waals surface area contributed by atoms with Gasteiger partial charge in [-0.1, -0.05) is 40.4 Å². The summed E-state index contributed by atoms with van der Waals surface area (Å²) < 4.78 is 0. The van der Waals surface area contributed by atoms with Gasteiger partial charge in [-0.05, 0) is 11.1 Å². The molecule has 9 heavy (non-hydrogen) atoms. The van der Waals surface area contributed by atoms with E-state index >= 15 is 0 Å². The molecule has 0 bridgehead atoms. The van der Waals surface area contributed by atoms with E-state index in [2.05, 4.69) is 40.4 Å². The number of hydrogen-bond donors (Lipinski definition) is 0. The summed E-state index contributed by atoms with van der Waals surface area (Å²) in [6, 6.07) is 0. The summed E-state index contributed by atoms with van der Waals surface area (Å²) in [4.78, 5) is 0. The van der Waals surface area contributed by atoms with Crippen molar-refractivity contribution in [1.82, 2.24) is 0 Å². The molecule has 0 nitrogen and oxygen atoms in total. The van der Waals surface area contributed by atoms with Crippen LogP contribution in [0, 0.1) is 5.41 Å². The van der Waals surface area contributed by atoms with Gasteiger partial charge in [0.25, 0.3) is 0 Å². The van der Waals surface area contributed by atoms with Gasteiger partial charge in [0.2, 0.25) is 0 Å². The van der Waals surface area contributed by atoms with Gasteiger partial charge in [0.1, 0.15) is 0 Å². The second-order valence-corrected chi connectivity index (χ2v) is 5.33. The van der Waals surface area contributed by atoms with Crippen molar-refractivity contribution < 1.29 is 0 Å². The Morgan fingerprint density at radius 1 is 1.22 bits per heavy atom. The molecule has 1 heteroatoms. The standard InChI is InChI=1S/C8H17P/c1-7(2)9-6-8(3,4)5/h6-7H,1-5H3. The molecule has 0 aromatic rings. The molecule has 54 valence electrons. The third kappa shape index (κ3) is 8.17. The number of rotatable bonds is 1. The highest BCUT2D eigenvalue weighted by Gasteiger charge is 2.03. The first-order valence-electron chi connectivity index (χ1n) is 3.46. The summed E-state index contributed by atoms with van der Waals surface area (Å²) in [6.45, 7) is 11.2. The van der Waals surface area contributed by atoms with E-state index in [1.54, 1.807) is 0 Å². The van der Waals surface area contributed by atoms with Crippen molar-refractivity contribution in [3.05, 3.63) is 0 Å². The van der Waals surface area contributed by atoms with Crippen molar-refractivity contribution in [2.24, 2.45) is 5.41 Å². The quantitative estimate of drug-likeness (QED) is 0.496. The summed E-state index contributed by atoms with van der Waals surface area (Å²) in [5.74, 6) is 2.36. The normalized spacial score (nSPS) is 13.6. The second-order valence-electron chi connectivity index (χ2n) is 3.74. The zero-order chi connectivity index (χ0) is 7.49. The van der Waals surface area contributed by atoms with Gasteiger partial charge in [-0.3, -0.25) is 0 Å². The second kappa shape index (κ2) is 3.37. The van der Waals surface area contributed by atoms with E-state index in [0.717, 1.165) is 5.66 Å². The molecular formula is C8H17P. The highest BCUT2D eigenvalue weighted by molar-refractivity contribution is 7.39. The molecule has 0 N–H and O–H groups in total. The minimum absolute atomic E-state index is 0.395. The highest BCUT2D eigenvalue weighted by atomic mass is 31.1. The van der Waals surface area contributed by atoms with Crippen LogP contribution in [-0.2, 0) is 0 Å². The van der Waals surface area contributed by atoms with Crippen LogP contribution >= 0.6 is 8.20 Å². The van der Waals surface area contributed by atoms with E-state index < -0.39 is 0 Å². The first-order chi connectivity index (χ1) is 3.92. The molecule has 0 heterocycles. The molecule has 0 fully saturated rings. The summed E-state index contributed by atoms with van der Waals surface area (Å²) >= 11 is 0. The molecule has 0 spiro atoms. The first kappa shape index (κ1) is 9.17. The molecule has 0 radical (unpaired) electrons. The Labute approximate surface area is 60.5 Å². The molecular weight excluding hydrogens is 127 g/mol. The number of hydrogen-bond acceptors (Lipinski definition) is 0. The SMILES string of the molecule is CC(C)P=CC(C)(C)C. The third-order valence-electron chi connectivity index (χ3n) is 0.760. The average molecular weight is 144 g/mol. The lowest BCUT2D eigenvalue weighted by molar-refractivity contribution is 0.614. The van der Waals surface area contributed by atoms with E-state index in [4.69, 9.17) is 0 Å². The Balaban J connectivity index is 3.71. The topological polar surface area (TPSA) is 0 Å². The van der Waals surface area contributed by atoms with Crippen LogP contribution in [0.25, 0.3) is 0 Å². The van der Waals surface area contributed by atoms with Gasteiger partial charge in [-0.2, -0.15) is 0 Å². The van der Waals surface area contributed by atoms with Crippen LogP contribution in [0.1, 0.15) is 34.6 Å². The molecule has 0 aliphatic rings. The minimum Gasteiger partial charge on any atom is -0.106 e. The first-order valence-corrected chi connectivity index (χ1v) is 4.49. The minimum atomic E-state index is 0.395. The van der Waals surface area contributed by atoms with Crippen LogP contribution in [0.15, 0.2) is 0 Å². The zero-order valence-corrected chi connectivity index (χ0v) is 8.00. The van der Waals surface area contributed by atoms with Crippen molar-refractivity contribution >= 4 is 14.0 Å². The lowest BCUT2D eigenvalue weighted by atomic mass is 10.0. The van der Waals surface area contributed by atoms with E-state index in [-0.39, 0.29) is 0 Å². The van der Waals surface area contributed by atoms with Gasteiger partial charge in [0.15, 0.2) is 0 Å². The van der Waals surface area contributed by atoms with Crippen molar-refractivity contribution in [3.63, 3.8) is 0 Å². The van der Waals surface area contributed by atoms with Crippen LogP contribution in [0.4, 0.5) is 0 Å². The maximum atomic E-state index is 2.36. The van der Waals surface area contributed by atoms with E-state index in [0.29, 0.717) is 5.41 Å². The third-order valence-corrected chi connectivity index (χ3v) is 2.28. The molecule has 0 aromatic carbocycles. The molecule has 0 aliphatic heterocycles. The molecule has 0 saturated heterocycles. The van der Waals surface area contributed by atoms with Crippen LogP contribution in [0.5, 0.6) is 0 Å². The smallest absolute Gasteiger partial charge is 0.00508 e. The monoisotopic (exact) mass is 144 g/mol. The predicted octanol–water partition coefficient (Wildman–Crippen LogP) is 3.19. The maximum Gasteiger partial charge on any atom is -0.00508 e. The van der Waals surface area contributed by atoms with Crippen molar-refractivity contribution in [3.8, 4) is 0 Å². The van der Waals surface area contributed by atoms with Gasteiger partial charge in [-0.25, -0.2) is 0 Å². The van der Waals surface area contributed by atoms with Crippen LogP contribution in [0.3, 0.4) is 0 Å². The Hall–Kier alpha value is 0.170. The Morgan fingerprint density at radius 2 is 1.67 bits per heavy atom. The molecule has 0 aromatic heterocycles. The van der Waals surface area contributed by atoms with Gasteiger partial charge in [-0.15, -0.1) is 8.20 Å². The molecule has 0 aliphatic carbocycles. The molecule has 0 rings (SSSR count). The Kier molecular flexibility index (Phi) is 3.43. The summed E-state index contributed by atoms with van der Waals surface area (Å²) in [7, 11) is 1.46. The maximum absolute atomic E-state index is 2.36. The fourth-order valence-corrected chi connectivity index (χ4v) is 1.12. The lowest BCUT2D eigenvalue weighted by Crippen LogP contribution is -2.04. The average Bonchev–Trinajstić information content (AvgIpc) is 1.59. The fourth-order valence-electron chi connectivity index (χ4n) is 0.373.